The normalized spacial score (nSPS) is 38.6. The van der Waals surface area contributed by atoms with Gasteiger partial charge in [-0.15, -0.1) is 0 Å². The summed E-state index contributed by atoms with van der Waals surface area (Å²) in [6, 6.07) is 0.647. The lowest BCUT2D eigenvalue weighted by Crippen LogP contribution is -3.00. The molecule has 0 saturated heterocycles. The zero-order chi connectivity index (χ0) is 4.57. The average molecular weight is 140 g/mol. The zero-order valence-corrected chi connectivity index (χ0v) is 5.75. The summed E-state index contributed by atoms with van der Waals surface area (Å²) in [5.74, 6) is 0. The van der Waals surface area contributed by atoms with Crippen LogP contribution in [0.25, 0.3) is 0 Å². The van der Waals surface area contributed by atoms with Gasteiger partial charge in [0.15, 0.2) is 0 Å². The smallest absolute Gasteiger partial charge is 0.0961 e. The molecule has 0 radical (unpaired) electrons. The van der Waals surface area contributed by atoms with Crippen LogP contribution in [0.4, 0.5) is 0 Å². The van der Waals surface area contributed by atoms with Crippen LogP contribution in [-0.4, -0.2) is 11.3 Å². The van der Waals surface area contributed by atoms with Crippen LogP contribution in [0.3, 0.4) is 0 Å². The van der Waals surface area contributed by atoms with E-state index < -0.39 is 0 Å². The van der Waals surface area contributed by atoms with E-state index >= 15 is 0 Å². The number of quaternary nitrogens is 1. The minimum absolute atomic E-state index is 0. The van der Waals surface area contributed by atoms with E-state index in [1.807, 2.05) is 0 Å². The van der Waals surface area contributed by atoms with E-state index in [1.165, 1.54) is 12.8 Å². The van der Waals surface area contributed by atoms with E-state index in [2.05, 4.69) is 18.4 Å². The average Bonchev–Trinajstić information content (AvgIpc) is 1.61. The lowest BCUT2D eigenvalue weighted by atomic mass is 9.93. The Hall–Kier alpha value is 0.600. The van der Waals surface area contributed by atoms with Gasteiger partial charge in [-0.2, -0.15) is 12.6 Å². The molecule has 1 rings (SSSR count). The predicted molar refractivity (Wildman–Crippen MR) is 28.7 cm³/mol. The Balaban J connectivity index is 0.000000360. The maximum atomic E-state index is 4.22. The number of halogens is 1. The highest BCUT2D eigenvalue weighted by Crippen LogP contribution is 2.20. The summed E-state index contributed by atoms with van der Waals surface area (Å²) in [6.07, 6.45) is 2.56. The molecule has 1 aliphatic rings. The quantitative estimate of drug-likeness (QED) is 0.329. The Bertz CT molecular complexity index is 51.7. The standard InChI is InChI=1S/C4H9NS.ClH/c5-3-1-2-4(3)6;/h3-4,6H,1-2,5H2;1H/t3-,4-;/m0./s1. The Morgan fingerprint density at radius 1 is 1.43 bits per heavy atom. The van der Waals surface area contributed by atoms with Crippen molar-refractivity contribution in [3.8, 4) is 0 Å². The molecule has 0 aliphatic heterocycles. The maximum absolute atomic E-state index is 4.22. The van der Waals surface area contributed by atoms with Crippen LogP contribution < -0.4 is 18.1 Å². The fraction of sp³-hybridized carbons (Fsp3) is 1.00. The van der Waals surface area contributed by atoms with Gasteiger partial charge in [0.1, 0.15) is 0 Å². The lowest BCUT2D eigenvalue weighted by Gasteiger charge is -2.24. The highest BCUT2D eigenvalue weighted by Gasteiger charge is 2.26. The van der Waals surface area contributed by atoms with Crippen molar-refractivity contribution >= 4 is 12.6 Å². The monoisotopic (exact) mass is 139 g/mol. The molecule has 1 nitrogen and oxygen atoms in total. The first-order chi connectivity index (χ1) is 2.80. The maximum Gasteiger partial charge on any atom is 0.0961 e. The van der Waals surface area contributed by atoms with Crippen LogP contribution in [0.1, 0.15) is 12.8 Å². The molecule has 0 bridgehead atoms. The summed E-state index contributed by atoms with van der Waals surface area (Å²) in [6.45, 7) is 0. The van der Waals surface area contributed by atoms with Gasteiger partial charge in [0.2, 0.25) is 0 Å². The first-order valence-electron chi connectivity index (χ1n) is 2.32. The van der Waals surface area contributed by atoms with Crippen LogP contribution in [0, 0.1) is 0 Å². The topological polar surface area (TPSA) is 27.6 Å². The number of hydrogen-bond acceptors (Lipinski definition) is 1. The second-order valence-corrected chi connectivity index (χ2v) is 2.57. The number of hydrogen-bond donors (Lipinski definition) is 2. The van der Waals surface area contributed by atoms with Crippen molar-refractivity contribution in [1.29, 1.82) is 0 Å². The Labute approximate surface area is 55.5 Å². The molecule has 0 aromatic rings. The Morgan fingerprint density at radius 3 is 1.86 bits per heavy atom. The number of thiol groups is 1. The molecule has 2 atom stereocenters. The highest BCUT2D eigenvalue weighted by atomic mass is 35.5. The van der Waals surface area contributed by atoms with E-state index in [9.17, 15) is 0 Å². The van der Waals surface area contributed by atoms with Crippen molar-refractivity contribution in [2.75, 3.05) is 0 Å². The van der Waals surface area contributed by atoms with Gasteiger partial charge in [-0.05, 0) is 6.42 Å². The summed E-state index contributed by atoms with van der Waals surface area (Å²) >= 11 is 4.22. The van der Waals surface area contributed by atoms with Gasteiger partial charge >= 0.3 is 0 Å². The largest absolute Gasteiger partial charge is 1.00 e. The molecule has 7 heavy (non-hydrogen) atoms. The van der Waals surface area contributed by atoms with Crippen molar-refractivity contribution in [2.45, 2.75) is 24.1 Å². The fourth-order valence-electron chi connectivity index (χ4n) is 0.551. The molecule has 0 amide bonds. The minimum Gasteiger partial charge on any atom is -1.00 e. The molecule has 1 aliphatic carbocycles. The molecule has 0 aromatic heterocycles. The van der Waals surface area contributed by atoms with Crippen molar-refractivity contribution in [1.82, 2.24) is 0 Å². The van der Waals surface area contributed by atoms with Gasteiger partial charge in [0.05, 0.1) is 11.3 Å². The van der Waals surface area contributed by atoms with Gasteiger partial charge in [0, 0.05) is 6.42 Å². The summed E-state index contributed by atoms with van der Waals surface area (Å²) in [7, 11) is 0. The molecule has 1 saturated carbocycles. The molecule has 1 fully saturated rings. The van der Waals surface area contributed by atoms with Crippen LogP contribution in [0.2, 0.25) is 0 Å². The third-order valence-electron chi connectivity index (χ3n) is 1.38. The van der Waals surface area contributed by atoms with Crippen LogP contribution >= 0.6 is 12.6 Å². The molecule has 0 heterocycles. The van der Waals surface area contributed by atoms with Gasteiger partial charge in [-0.25, -0.2) is 0 Å². The van der Waals surface area contributed by atoms with Crippen LogP contribution in [0.15, 0.2) is 0 Å². The first-order valence-corrected chi connectivity index (χ1v) is 2.83. The summed E-state index contributed by atoms with van der Waals surface area (Å²) in [5.41, 5.74) is 3.85. The van der Waals surface area contributed by atoms with E-state index in [0.717, 1.165) is 0 Å². The fourth-order valence-corrected chi connectivity index (χ4v) is 0.850. The van der Waals surface area contributed by atoms with E-state index in [-0.39, 0.29) is 12.4 Å². The summed E-state index contributed by atoms with van der Waals surface area (Å²) in [5, 5.41) is 0.616. The van der Waals surface area contributed by atoms with Crippen LogP contribution in [0.5, 0.6) is 0 Å². The van der Waals surface area contributed by atoms with Gasteiger partial charge in [-0.3, -0.25) is 0 Å². The third-order valence-corrected chi connectivity index (χ3v) is 2.06. The molecule has 0 spiro atoms. The minimum atomic E-state index is 0. The van der Waals surface area contributed by atoms with Crippen LogP contribution in [-0.2, 0) is 0 Å². The SMILES string of the molecule is [Cl-].[NH3+][C@H]1CC[C@@H]1S. The Kier molecular flexibility index (Phi) is 3.04. The molecule has 0 aromatic carbocycles. The predicted octanol–water partition coefficient (Wildman–Crippen LogP) is -3.31. The van der Waals surface area contributed by atoms with Crippen molar-refractivity contribution in [2.24, 2.45) is 0 Å². The first kappa shape index (κ1) is 7.60. The molecular formula is C4H10ClNS. The molecule has 0 unspecified atom stereocenters. The van der Waals surface area contributed by atoms with E-state index in [0.29, 0.717) is 11.3 Å². The summed E-state index contributed by atoms with van der Waals surface area (Å²) < 4.78 is 0. The van der Waals surface area contributed by atoms with Gasteiger partial charge in [-0.1, -0.05) is 0 Å². The van der Waals surface area contributed by atoms with Crippen molar-refractivity contribution in [3.05, 3.63) is 0 Å². The zero-order valence-electron chi connectivity index (χ0n) is 4.10. The molecule has 3 N–H and O–H groups in total. The highest BCUT2D eigenvalue weighted by molar-refractivity contribution is 7.81. The lowest BCUT2D eigenvalue weighted by molar-refractivity contribution is -0.434. The van der Waals surface area contributed by atoms with Gasteiger partial charge < -0.3 is 18.1 Å². The van der Waals surface area contributed by atoms with Crippen molar-refractivity contribution in [3.63, 3.8) is 0 Å². The second kappa shape index (κ2) is 2.80. The second-order valence-electron chi connectivity index (χ2n) is 1.90. The number of rotatable bonds is 0. The Morgan fingerprint density at radius 2 is 1.86 bits per heavy atom. The van der Waals surface area contributed by atoms with E-state index in [4.69, 9.17) is 0 Å². The molecular weight excluding hydrogens is 130 g/mol. The summed E-state index contributed by atoms with van der Waals surface area (Å²) in [4.78, 5) is 0. The van der Waals surface area contributed by atoms with E-state index in [1.54, 1.807) is 0 Å². The van der Waals surface area contributed by atoms with Crippen molar-refractivity contribution < 1.29 is 18.1 Å². The molecule has 3 heteroatoms. The van der Waals surface area contributed by atoms with Gasteiger partial charge in [0.25, 0.3) is 0 Å². The third kappa shape index (κ3) is 1.52. The molecule has 44 valence electrons.